The van der Waals surface area contributed by atoms with Crippen molar-refractivity contribution in [2.45, 2.75) is 39.2 Å². The fourth-order valence-electron chi connectivity index (χ4n) is 1.53. The summed E-state index contributed by atoms with van der Waals surface area (Å²) in [5.74, 6) is 0.556. The maximum atomic E-state index is 11.5. The lowest BCUT2D eigenvalue weighted by atomic mass is 10.2. The fourth-order valence-corrected chi connectivity index (χ4v) is 1.53. The summed E-state index contributed by atoms with van der Waals surface area (Å²) in [6.07, 6.45) is 0.935. The normalized spacial score (nSPS) is 11.7. The number of hydrogen-bond donors (Lipinski definition) is 0. The maximum absolute atomic E-state index is 11.5. The van der Waals surface area contributed by atoms with Crippen LogP contribution in [0.15, 0.2) is 30.3 Å². The first-order valence-electron chi connectivity index (χ1n) is 6.44. The van der Waals surface area contributed by atoms with Gasteiger partial charge in [-0.3, -0.25) is 4.79 Å². The molecule has 0 radical (unpaired) electrons. The van der Waals surface area contributed by atoms with Gasteiger partial charge in [0.1, 0.15) is 24.2 Å². The highest BCUT2D eigenvalue weighted by Crippen LogP contribution is 2.09. The molecule has 19 heavy (non-hydrogen) atoms. The molecule has 1 aromatic carbocycles. The summed E-state index contributed by atoms with van der Waals surface area (Å²) >= 11 is 0. The Labute approximate surface area is 113 Å². The van der Waals surface area contributed by atoms with Crippen molar-refractivity contribution >= 4 is 11.8 Å². The molecule has 0 N–H and O–H groups in total. The molecular weight excluding hydrogens is 244 g/mol. The highest BCUT2D eigenvalue weighted by molar-refractivity contribution is 5.76. The summed E-state index contributed by atoms with van der Waals surface area (Å²) in [7, 11) is 0. The molecule has 0 aliphatic rings. The summed E-state index contributed by atoms with van der Waals surface area (Å²) in [6, 6.07) is 9.37. The van der Waals surface area contributed by atoms with Crippen LogP contribution in [0.3, 0.4) is 0 Å². The summed E-state index contributed by atoms with van der Waals surface area (Å²) in [5, 5.41) is 0. The second kappa shape index (κ2) is 8.29. The average molecular weight is 264 g/mol. The highest BCUT2D eigenvalue weighted by atomic mass is 16.6. The van der Waals surface area contributed by atoms with Gasteiger partial charge < -0.3 is 14.3 Å². The van der Waals surface area contributed by atoms with Crippen LogP contribution in [0.1, 0.15) is 33.1 Å². The van der Waals surface area contributed by atoms with E-state index in [4.69, 9.17) is 9.47 Å². The van der Waals surface area contributed by atoms with Crippen LogP contribution in [-0.2, 0) is 14.3 Å². The second-order valence-electron chi connectivity index (χ2n) is 4.48. The van der Waals surface area contributed by atoms with Crippen molar-refractivity contribution in [2.75, 3.05) is 6.61 Å². The van der Waals surface area contributed by atoms with Gasteiger partial charge in [0.25, 0.3) is 0 Å². The molecule has 0 aromatic heterocycles. The lowest BCUT2D eigenvalue weighted by molar-refractivity contribution is -0.149. The molecule has 0 bridgehead atoms. The number of carbonyl (C=O) groups excluding carboxylic acids is 2. The van der Waals surface area contributed by atoms with Gasteiger partial charge in [0.15, 0.2) is 0 Å². The van der Waals surface area contributed by atoms with Crippen LogP contribution < -0.4 is 4.74 Å². The molecule has 0 fully saturated rings. The summed E-state index contributed by atoms with van der Waals surface area (Å²) < 4.78 is 10.7. The number of carbonyl (C=O) groups is 2. The highest BCUT2D eigenvalue weighted by Gasteiger charge is 2.10. The van der Waals surface area contributed by atoms with Gasteiger partial charge in [-0.2, -0.15) is 0 Å². The zero-order chi connectivity index (χ0) is 14.1. The standard InChI is InChI=1S/C15H20O4/c1-12(16)7-6-10-15(17)19-13(2)11-18-14-8-4-3-5-9-14/h3-5,8-9,13H,6-7,10-11H2,1-2H3/t13-/m0/s1. The monoisotopic (exact) mass is 264 g/mol. The van der Waals surface area contributed by atoms with E-state index in [1.165, 1.54) is 6.92 Å². The summed E-state index contributed by atoms with van der Waals surface area (Å²) in [4.78, 5) is 22.2. The third-order valence-electron chi connectivity index (χ3n) is 2.47. The molecule has 0 unspecified atom stereocenters. The quantitative estimate of drug-likeness (QED) is 0.677. The first-order chi connectivity index (χ1) is 9.08. The predicted molar refractivity (Wildman–Crippen MR) is 72.0 cm³/mol. The molecule has 1 rings (SSSR count). The number of Topliss-reactive ketones (excluding diaryl/α,β-unsaturated/α-hetero) is 1. The molecule has 0 aliphatic heterocycles. The van der Waals surface area contributed by atoms with E-state index < -0.39 is 0 Å². The minimum atomic E-state index is -0.301. The second-order valence-corrected chi connectivity index (χ2v) is 4.48. The van der Waals surface area contributed by atoms with Gasteiger partial charge in [-0.05, 0) is 32.4 Å². The molecule has 1 atom stereocenters. The molecule has 0 saturated carbocycles. The van der Waals surface area contributed by atoms with Crippen LogP contribution in [0.2, 0.25) is 0 Å². The van der Waals surface area contributed by atoms with Crippen LogP contribution in [0.5, 0.6) is 5.75 Å². The Bertz CT molecular complexity index is 400. The average Bonchev–Trinajstić information content (AvgIpc) is 2.37. The molecular formula is C15H20O4. The predicted octanol–water partition coefficient (Wildman–Crippen LogP) is 2.76. The third-order valence-corrected chi connectivity index (χ3v) is 2.47. The molecule has 1 aromatic rings. The van der Waals surface area contributed by atoms with E-state index in [1.54, 1.807) is 6.92 Å². The summed E-state index contributed by atoms with van der Waals surface area (Å²) in [6.45, 7) is 3.62. The van der Waals surface area contributed by atoms with Crippen molar-refractivity contribution in [1.29, 1.82) is 0 Å². The lowest BCUT2D eigenvalue weighted by Gasteiger charge is -2.14. The van der Waals surface area contributed by atoms with Crippen LogP contribution in [-0.4, -0.2) is 24.5 Å². The number of ketones is 1. The van der Waals surface area contributed by atoms with Gasteiger partial charge in [0.05, 0.1) is 0 Å². The maximum Gasteiger partial charge on any atom is 0.306 e. The van der Waals surface area contributed by atoms with Gasteiger partial charge in [0, 0.05) is 12.8 Å². The SMILES string of the molecule is CC(=O)CCCC(=O)O[C@@H](C)COc1ccccc1. The number of ether oxygens (including phenoxy) is 2. The van der Waals surface area contributed by atoms with Crippen molar-refractivity contribution in [3.63, 3.8) is 0 Å². The number of hydrogen-bond acceptors (Lipinski definition) is 4. The molecule has 4 heteroatoms. The Hall–Kier alpha value is -1.84. The van der Waals surface area contributed by atoms with Crippen LogP contribution >= 0.6 is 0 Å². The minimum Gasteiger partial charge on any atom is -0.490 e. The molecule has 4 nitrogen and oxygen atoms in total. The first kappa shape index (κ1) is 15.2. The van der Waals surface area contributed by atoms with Gasteiger partial charge >= 0.3 is 5.97 Å². The Balaban J connectivity index is 2.18. The van der Waals surface area contributed by atoms with Gasteiger partial charge in [-0.15, -0.1) is 0 Å². The third kappa shape index (κ3) is 7.24. The van der Waals surface area contributed by atoms with E-state index >= 15 is 0 Å². The van der Waals surface area contributed by atoms with E-state index in [0.29, 0.717) is 19.4 Å². The van der Waals surface area contributed by atoms with Crippen molar-refractivity contribution < 1.29 is 19.1 Å². The Kier molecular flexibility index (Phi) is 6.64. The number of esters is 1. The van der Waals surface area contributed by atoms with Crippen molar-refractivity contribution in [1.82, 2.24) is 0 Å². The van der Waals surface area contributed by atoms with E-state index in [1.807, 2.05) is 30.3 Å². The zero-order valence-corrected chi connectivity index (χ0v) is 11.4. The topological polar surface area (TPSA) is 52.6 Å². The van der Waals surface area contributed by atoms with Gasteiger partial charge in [-0.25, -0.2) is 0 Å². The first-order valence-corrected chi connectivity index (χ1v) is 6.44. The van der Waals surface area contributed by atoms with E-state index in [2.05, 4.69) is 0 Å². The van der Waals surface area contributed by atoms with Crippen molar-refractivity contribution in [3.05, 3.63) is 30.3 Å². The van der Waals surface area contributed by atoms with E-state index in [-0.39, 0.29) is 24.3 Å². The zero-order valence-electron chi connectivity index (χ0n) is 11.4. The van der Waals surface area contributed by atoms with E-state index in [9.17, 15) is 9.59 Å². The fraction of sp³-hybridized carbons (Fsp3) is 0.467. The molecule has 104 valence electrons. The molecule has 0 saturated heterocycles. The Morgan fingerprint density at radius 1 is 1.16 bits per heavy atom. The molecule has 0 aliphatic carbocycles. The summed E-state index contributed by atoms with van der Waals surface area (Å²) in [5.41, 5.74) is 0. The van der Waals surface area contributed by atoms with Crippen molar-refractivity contribution in [3.8, 4) is 5.75 Å². The van der Waals surface area contributed by atoms with Crippen molar-refractivity contribution in [2.24, 2.45) is 0 Å². The van der Waals surface area contributed by atoms with Crippen LogP contribution in [0.25, 0.3) is 0 Å². The van der Waals surface area contributed by atoms with Crippen LogP contribution in [0.4, 0.5) is 0 Å². The number of para-hydroxylation sites is 1. The molecule has 0 spiro atoms. The van der Waals surface area contributed by atoms with Crippen LogP contribution in [0, 0.1) is 0 Å². The van der Waals surface area contributed by atoms with Gasteiger partial charge in [-0.1, -0.05) is 18.2 Å². The smallest absolute Gasteiger partial charge is 0.306 e. The Morgan fingerprint density at radius 3 is 2.47 bits per heavy atom. The lowest BCUT2D eigenvalue weighted by Crippen LogP contribution is -2.21. The molecule has 0 amide bonds. The number of rotatable bonds is 8. The minimum absolute atomic E-state index is 0.0910. The van der Waals surface area contributed by atoms with Gasteiger partial charge in [0.2, 0.25) is 0 Å². The molecule has 0 heterocycles. The Morgan fingerprint density at radius 2 is 1.84 bits per heavy atom. The number of benzene rings is 1. The largest absolute Gasteiger partial charge is 0.490 e. The van der Waals surface area contributed by atoms with E-state index in [0.717, 1.165) is 5.75 Å².